The molecule has 2 aromatic rings. The second-order valence-electron chi connectivity index (χ2n) is 8.81. The summed E-state index contributed by atoms with van der Waals surface area (Å²) in [4.78, 5) is 28.1. The summed E-state index contributed by atoms with van der Waals surface area (Å²) in [6.45, 7) is 0.348. The van der Waals surface area contributed by atoms with Gasteiger partial charge in [0.1, 0.15) is 5.75 Å². The molecule has 2 aliphatic rings. The Bertz CT molecular complexity index is 952. The van der Waals surface area contributed by atoms with Crippen molar-refractivity contribution in [2.75, 3.05) is 32.1 Å². The van der Waals surface area contributed by atoms with Gasteiger partial charge in [0.2, 0.25) is 0 Å². The summed E-state index contributed by atoms with van der Waals surface area (Å²) < 4.78 is 5.55. The Morgan fingerprint density at radius 3 is 2.35 bits per heavy atom. The molecule has 1 aliphatic carbocycles. The van der Waals surface area contributed by atoms with Gasteiger partial charge in [-0.3, -0.25) is 14.6 Å². The van der Waals surface area contributed by atoms with Gasteiger partial charge in [0.05, 0.1) is 17.8 Å². The van der Waals surface area contributed by atoms with Gasteiger partial charge in [0.15, 0.2) is 6.61 Å². The van der Waals surface area contributed by atoms with Crippen LogP contribution >= 0.6 is 0 Å². The quantitative estimate of drug-likeness (QED) is 0.749. The van der Waals surface area contributed by atoms with E-state index in [1.807, 2.05) is 24.3 Å². The van der Waals surface area contributed by atoms with Crippen molar-refractivity contribution >= 4 is 17.6 Å². The number of hydrogen-bond donors (Lipinski definition) is 2. The highest BCUT2D eigenvalue weighted by Gasteiger charge is 2.50. The minimum absolute atomic E-state index is 0.0346. The zero-order chi connectivity index (χ0) is 22.1. The van der Waals surface area contributed by atoms with E-state index in [1.165, 1.54) is 5.56 Å². The second kappa shape index (κ2) is 8.23. The molecule has 3 amide bonds. The number of rotatable bonds is 6. The van der Waals surface area contributed by atoms with Crippen LogP contribution in [0.3, 0.4) is 0 Å². The van der Waals surface area contributed by atoms with Crippen molar-refractivity contribution in [3.8, 4) is 5.75 Å². The Morgan fingerprint density at radius 2 is 1.71 bits per heavy atom. The molecule has 2 aromatic carbocycles. The van der Waals surface area contributed by atoms with Crippen molar-refractivity contribution in [1.82, 2.24) is 10.2 Å². The molecule has 1 spiro atoms. The lowest BCUT2D eigenvalue weighted by atomic mass is 9.69. The van der Waals surface area contributed by atoms with Crippen LogP contribution in [-0.2, 0) is 10.3 Å². The molecule has 4 rings (SSSR count). The largest absolute Gasteiger partial charge is 0.482 e. The zero-order valence-electron chi connectivity index (χ0n) is 18.1. The molecule has 7 nitrogen and oxygen atoms in total. The molecule has 0 aromatic heterocycles. The van der Waals surface area contributed by atoms with Crippen LogP contribution < -0.4 is 20.7 Å². The monoisotopic (exact) mass is 422 g/mol. The molecule has 1 heterocycles. The summed E-state index contributed by atoms with van der Waals surface area (Å²) >= 11 is 0. The average Bonchev–Trinajstić information content (AvgIpc) is 3.09. The molecule has 0 unspecified atom stereocenters. The van der Waals surface area contributed by atoms with Crippen molar-refractivity contribution in [3.05, 3.63) is 60.2 Å². The minimum atomic E-state index is -0.551. The van der Waals surface area contributed by atoms with Crippen LogP contribution in [0.25, 0.3) is 0 Å². The van der Waals surface area contributed by atoms with E-state index in [2.05, 4.69) is 48.6 Å². The summed E-state index contributed by atoms with van der Waals surface area (Å²) in [5.41, 5.74) is 6.89. The number of nitrogens with zero attached hydrogens (tertiary/aromatic N) is 2. The lowest BCUT2D eigenvalue weighted by Gasteiger charge is -2.48. The number of benzene rings is 2. The number of anilines is 1. The van der Waals surface area contributed by atoms with Gasteiger partial charge in [-0.15, -0.1) is 0 Å². The number of nitrogens with one attached hydrogen (secondary N) is 1. The van der Waals surface area contributed by atoms with E-state index in [-0.39, 0.29) is 23.7 Å². The number of primary amides is 1. The van der Waals surface area contributed by atoms with Crippen molar-refractivity contribution in [3.63, 3.8) is 0 Å². The van der Waals surface area contributed by atoms with E-state index in [9.17, 15) is 9.59 Å². The molecule has 1 saturated carbocycles. The van der Waals surface area contributed by atoms with E-state index in [0.29, 0.717) is 18.0 Å². The Kier molecular flexibility index (Phi) is 5.62. The number of para-hydroxylation sites is 2. The lowest BCUT2D eigenvalue weighted by Crippen LogP contribution is -2.54. The Labute approximate surface area is 183 Å². The van der Waals surface area contributed by atoms with Crippen LogP contribution in [0.4, 0.5) is 10.5 Å². The molecule has 1 aliphatic heterocycles. The third kappa shape index (κ3) is 3.97. The van der Waals surface area contributed by atoms with Crippen molar-refractivity contribution < 1.29 is 14.3 Å². The maximum absolute atomic E-state index is 13.0. The number of ether oxygens (including phenoxy) is 1. The Hall–Kier alpha value is -3.06. The number of hydrogen-bond acceptors (Lipinski definition) is 4. The lowest BCUT2D eigenvalue weighted by molar-refractivity contribution is -0.119. The van der Waals surface area contributed by atoms with Crippen LogP contribution in [0.1, 0.15) is 31.2 Å². The fraction of sp³-hybridized carbons (Fsp3) is 0.417. The van der Waals surface area contributed by atoms with Crippen molar-refractivity contribution in [1.29, 1.82) is 0 Å². The van der Waals surface area contributed by atoms with Gasteiger partial charge in [0, 0.05) is 5.54 Å². The molecule has 164 valence electrons. The number of amides is 3. The second-order valence-corrected chi connectivity index (χ2v) is 8.81. The first-order valence-corrected chi connectivity index (χ1v) is 10.7. The summed E-state index contributed by atoms with van der Waals surface area (Å²) in [5.74, 6) is -0.0680. The third-order valence-electron chi connectivity index (χ3n) is 6.81. The first kappa shape index (κ1) is 21.2. The topological polar surface area (TPSA) is 87.9 Å². The van der Waals surface area contributed by atoms with E-state index >= 15 is 0 Å². The van der Waals surface area contributed by atoms with E-state index in [4.69, 9.17) is 10.5 Å². The minimum Gasteiger partial charge on any atom is -0.482 e. The summed E-state index contributed by atoms with van der Waals surface area (Å²) in [6.07, 6.45) is 3.68. The van der Waals surface area contributed by atoms with Gasteiger partial charge >= 0.3 is 6.03 Å². The fourth-order valence-corrected chi connectivity index (χ4v) is 5.02. The van der Waals surface area contributed by atoms with Gasteiger partial charge < -0.3 is 15.8 Å². The SMILES string of the molecule is CN(C)[C@]1(c2ccccc2)CC[C@@]2(CC1)CN(c1ccccc1OCC(N)=O)C(=O)N2. The van der Waals surface area contributed by atoms with Crippen molar-refractivity contribution in [2.45, 2.75) is 36.8 Å². The molecular weight excluding hydrogens is 392 g/mol. The van der Waals surface area contributed by atoms with E-state index in [1.54, 1.807) is 11.0 Å². The molecule has 1 saturated heterocycles. The van der Waals surface area contributed by atoms with Gasteiger partial charge in [-0.25, -0.2) is 4.79 Å². The van der Waals surface area contributed by atoms with Gasteiger partial charge in [-0.05, 0) is 57.5 Å². The zero-order valence-corrected chi connectivity index (χ0v) is 18.1. The summed E-state index contributed by atoms with van der Waals surface area (Å²) in [5, 5.41) is 3.26. The third-order valence-corrected chi connectivity index (χ3v) is 6.81. The fourth-order valence-electron chi connectivity index (χ4n) is 5.02. The maximum atomic E-state index is 13.0. The van der Waals surface area contributed by atoms with Crippen LogP contribution in [0.15, 0.2) is 54.6 Å². The number of urea groups is 1. The van der Waals surface area contributed by atoms with E-state index in [0.717, 1.165) is 25.7 Å². The van der Waals surface area contributed by atoms with Crippen LogP contribution in [-0.4, -0.2) is 49.6 Å². The number of carbonyl (C=O) groups excluding carboxylic acids is 2. The molecule has 7 heteroatoms. The predicted molar refractivity (Wildman–Crippen MR) is 120 cm³/mol. The molecule has 0 atom stereocenters. The molecule has 3 N–H and O–H groups in total. The van der Waals surface area contributed by atoms with Crippen LogP contribution in [0.5, 0.6) is 5.75 Å². The Morgan fingerprint density at radius 1 is 1.06 bits per heavy atom. The summed E-state index contributed by atoms with van der Waals surface area (Å²) in [7, 11) is 4.27. The normalized spacial score (nSPS) is 25.6. The molecule has 0 radical (unpaired) electrons. The Balaban J connectivity index is 1.54. The molecule has 31 heavy (non-hydrogen) atoms. The maximum Gasteiger partial charge on any atom is 0.322 e. The molecule has 2 fully saturated rings. The highest BCUT2D eigenvalue weighted by Crippen LogP contribution is 2.46. The highest BCUT2D eigenvalue weighted by atomic mass is 16.5. The molecule has 0 bridgehead atoms. The highest BCUT2D eigenvalue weighted by molar-refractivity contribution is 5.96. The standard InChI is InChI=1S/C24H30N4O3/c1-27(2)24(18-8-4-3-5-9-18)14-12-23(13-15-24)17-28(22(30)26-23)19-10-6-7-11-20(19)31-16-21(25)29/h3-11H,12-17H2,1-2H3,(H2,25,29)(H,26,30)/t23-,24-. The first-order valence-electron chi connectivity index (χ1n) is 10.7. The number of carbonyl (C=O) groups is 2. The number of nitrogens with two attached hydrogens (primary N) is 1. The van der Waals surface area contributed by atoms with Gasteiger partial charge in [-0.2, -0.15) is 0 Å². The van der Waals surface area contributed by atoms with Crippen LogP contribution in [0, 0.1) is 0 Å². The smallest absolute Gasteiger partial charge is 0.322 e. The average molecular weight is 423 g/mol. The van der Waals surface area contributed by atoms with Gasteiger partial charge in [0.25, 0.3) is 5.91 Å². The predicted octanol–water partition coefficient (Wildman–Crippen LogP) is 2.85. The van der Waals surface area contributed by atoms with E-state index < -0.39 is 5.91 Å². The molecular formula is C24H30N4O3. The first-order chi connectivity index (χ1) is 14.9. The van der Waals surface area contributed by atoms with Crippen molar-refractivity contribution in [2.24, 2.45) is 5.73 Å². The van der Waals surface area contributed by atoms with Crippen LogP contribution in [0.2, 0.25) is 0 Å². The van der Waals surface area contributed by atoms with Gasteiger partial charge in [-0.1, -0.05) is 42.5 Å². The summed E-state index contributed by atoms with van der Waals surface area (Å²) in [6, 6.07) is 17.8.